The molecule has 0 aromatic carbocycles. The number of nitrogens with one attached hydrogen (secondary N) is 2. The van der Waals surface area contributed by atoms with Gasteiger partial charge in [0.2, 0.25) is 0 Å². The predicted octanol–water partition coefficient (Wildman–Crippen LogP) is 3.20. The number of aliphatic imine (C=N–C) groups is 1. The van der Waals surface area contributed by atoms with Crippen molar-refractivity contribution in [2.45, 2.75) is 51.0 Å². The van der Waals surface area contributed by atoms with E-state index in [0.717, 1.165) is 25.5 Å². The molecule has 0 saturated heterocycles. The molecule has 2 aromatic heterocycles. The third kappa shape index (κ3) is 8.25. The third-order valence-corrected chi connectivity index (χ3v) is 4.74. The number of hydrogen-bond donors (Lipinski definition) is 2. The molecule has 0 amide bonds. The second-order valence-electron chi connectivity index (χ2n) is 6.89. The minimum atomic E-state index is 0. The Hall–Kier alpha value is -1.75. The van der Waals surface area contributed by atoms with E-state index in [9.17, 15) is 0 Å². The summed E-state index contributed by atoms with van der Waals surface area (Å²) in [7, 11) is 1.77. The van der Waals surface area contributed by atoms with Crippen molar-refractivity contribution in [1.29, 1.82) is 0 Å². The highest BCUT2D eigenvalue weighted by Gasteiger charge is 2.13. The third-order valence-electron chi connectivity index (χ3n) is 4.74. The SMILES string of the molecule is CN=C(NCCCOC1CCCCC1)NCCc1noc(-c2ccccn2)n1.I. The number of hydrogen-bond acceptors (Lipinski definition) is 6. The van der Waals surface area contributed by atoms with Crippen molar-refractivity contribution >= 4 is 29.9 Å². The second kappa shape index (κ2) is 13.5. The quantitative estimate of drug-likeness (QED) is 0.230. The minimum absolute atomic E-state index is 0. The van der Waals surface area contributed by atoms with Gasteiger partial charge >= 0.3 is 0 Å². The average molecular weight is 514 g/mol. The highest BCUT2D eigenvalue weighted by Crippen LogP contribution is 2.20. The fraction of sp³-hybridized carbons (Fsp3) is 0.600. The lowest BCUT2D eigenvalue weighted by atomic mass is 9.98. The van der Waals surface area contributed by atoms with E-state index in [2.05, 4.69) is 30.8 Å². The van der Waals surface area contributed by atoms with Crippen LogP contribution < -0.4 is 10.6 Å². The van der Waals surface area contributed by atoms with Gasteiger partial charge in [0.15, 0.2) is 11.8 Å². The van der Waals surface area contributed by atoms with Gasteiger partial charge in [-0.15, -0.1) is 24.0 Å². The summed E-state index contributed by atoms with van der Waals surface area (Å²) >= 11 is 0. The van der Waals surface area contributed by atoms with Crippen molar-refractivity contribution in [1.82, 2.24) is 25.8 Å². The number of pyridine rings is 1. The van der Waals surface area contributed by atoms with Crippen LogP contribution in [0.25, 0.3) is 11.6 Å². The molecule has 0 aliphatic heterocycles. The molecular weight excluding hydrogens is 483 g/mol. The molecule has 0 spiro atoms. The zero-order chi connectivity index (χ0) is 19.4. The summed E-state index contributed by atoms with van der Waals surface area (Å²) in [4.78, 5) is 12.8. The van der Waals surface area contributed by atoms with Crippen LogP contribution in [0.15, 0.2) is 33.9 Å². The van der Waals surface area contributed by atoms with Crippen LogP contribution in [0.2, 0.25) is 0 Å². The van der Waals surface area contributed by atoms with Gasteiger partial charge in [0.25, 0.3) is 5.89 Å². The molecule has 9 heteroatoms. The van der Waals surface area contributed by atoms with E-state index in [1.165, 1.54) is 32.1 Å². The molecule has 160 valence electrons. The molecule has 0 radical (unpaired) electrons. The Bertz CT molecular complexity index is 719. The summed E-state index contributed by atoms with van der Waals surface area (Å²) in [5.41, 5.74) is 0.683. The van der Waals surface area contributed by atoms with E-state index in [4.69, 9.17) is 9.26 Å². The average Bonchev–Trinajstić information content (AvgIpc) is 3.22. The molecular formula is C20H31IN6O2. The standard InChI is InChI=1S/C20H30N6O2.HI/c1-21-20(23-13-7-15-27-16-8-3-2-4-9-16)24-14-11-18-25-19(28-26-18)17-10-5-6-12-22-17;/h5-6,10,12,16H,2-4,7-9,11,13-15H2,1H3,(H2,21,23,24);1H. The Balaban J connectivity index is 0.00000300. The van der Waals surface area contributed by atoms with Crippen molar-refractivity contribution in [3.8, 4) is 11.6 Å². The molecule has 8 nitrogen and oxygen atoms in total. The van der Waals surface area contributed by atoms with Crippen LogP contribution in [0.5, 0.6) is 0 Å². The Kier molecular flexibility index (Phi) is 10.9. The van der Waals surface area contributed by atoms with Crippen molar-refractivity contribution in [3.63, 3.8) is 0 Å². The number of halogens is 1. The molecule has 1 aliphatic carbocycles. The Morgan fingerprint density at radius 1 is 1.21 bits per heavy atom. The first-order chi connectivity index (χ1) is 13.8. The molecule has 0 atom stereocenters. The lowest BCUT2D eigenvalue weighted by Gasteiger charge is -2.22. The molecule has 1 saturated carbocycles. The van der Waals surface area contributed by atoms with E-state index in [0.29, 0.717) is 36.5 Å². The number of rotatable bonds is 9. The Morgan fingerprint density at radius 2 is 2.03 bits per heavy atom. The normalized spacial score (nSPS) is 15.0. The van der Waals surface area contributed by atoms with Gasteiger partial charge in [0, 0.05) is 39.4 Å². The summed E-state index contributed by atoms with van der Waals surface area (Å²) in [6.07, 6.45) is 10.2. The predicted molar refractivity (Wildman–Crippen MR) is 123 cm³/mol. The highest BCUT2D eigenvalue weighted by molar-refractivity contribution is 14.0. The van der Waals surface area contributed by atoms with Crippen LogP contribution in [0.4, 0.5) is 0 Å². The molecule has 2 N–H and O–H groups in total. The summed E-state index contributed by atoms with van der Waals surface area (Å²) in [5.74, 6) is 1.85. The molecule has 29 heavy (non-hydrogen) atoms. The molecule has 3 rings (SSSR count). The highest BCUT2D eigenvalue weighted by atomic mass is 127. The maximum Gasteiger partial charge on any atom is 0.276 e. The van der Waals surface area contributed by atoms with Gasteiger partial charge in [0.1, 0.15) is 5.69 Å². The zero-order valence-electron chi connectivity index (χ0n) is 17.0. The molecule has 1 aliphatic rings. The van der Waals surface area contributed by atoms with Crippen LogP contribution in [-0.4, -0.2) is 53.9 Å². The maximum absolute atomic E-state index is 5.94. The van der Waals surface area contributed by atoms with Crippen molar-refractivity contribution in [2.75, 3.05) is 26.7 Å². The summed E-state index contributed by atoms with van der Waals surface area (Å²) in [6, 6.07) is 5.59. The first-order valence-electron chi connectivity index (χ1n) is 10.2. The van der Waals surface area contributed by atoms with E-state index in [-0.39, 0.29) is 24.0 Å². The van der Waals surface area contributed by atoms with Gasteiger partial charge in [0.05, 0.1) is 6.10 Å². The fourth-order valence-corrected chi connectivity index (χ4v) is 3.22. The van der Waals surface area contributed by atoms with Crippen molar-refractivity contribution < 1.29 is 9.26 Å². The van der Waals surface area contributed by atoms with Gasteiger partial charge in [-0.1, -0.05) is 30.5 Å². The monoisotopic (exact) mass is 514 g/mol. The molecule has 0 bridgehead atoms. The van der Waals surface area contributed by atoms with Crippen LogP contribution in [0.3, 0.4) is 0 Å². The van der Waals surface area contributed by atoms with Gasteiger partial charge in [-0.05, 0) is 31.4 Å². The smallest absolute Gasteiger partial charge is 0.276 e. The fourth-order valence-electron chi connectivity index (χ4n) is 3.22. The van der Waals surface area contributed by atoms with Gasteiger partial charge < -0.3 is 19.9 Å². The van der Waals surface area contributed by atoms with Gasteiger partial charge in [-0.3, -0.25) is 9.98 Å². The summed E-state index contributed by atoms with van der Waals surface area (Å²) < 4.78 is 11.2. The lowest BCUT2D eigenvalue weighted by Crippen LogP contribution is -2.39. The van der Waals surface area contributed by atoms with E-state index < -0.39 is 0 Å². The second-order valence-corrected chi connectivity index (χ2v) is 6.89. The number of guanidine groups is 1. The first-order valence-corrected chi connectivity index (χ1v) is 10.2. The van der Waals surface area contributed by atoms with Crippen LogP contribution >= 0.6 is 24.0 Å². The van der Waals surface area contributed by atoms with Gasteiger partial charge in [-0.2, -0.15) is 4.98 Å². The first kappa shape index (κ1) is 23.5. The Labute approximate surface area is 189 Å². The minimum Gasteiger partial charge on any atom is -0.378 e. The van der Waals surface area contributed by atoms with Crippen LogP contribution in [0, 0.1) is 0 Å². The van der Waals surface area contributed by atoms with E-state index in [1.54, 1.807) is 13.2 Å². The molecule has 0 unspecified atom stereocenters. The summed E-state index contributed by atoms with van der Waals surface area (Å²) in [6.45, 7) is 2.30. The van der Waals surface area contributed by atoms with Crippen molar-refractivity contribution in [3.05, 3.63) is 30.2 Å². The van der Waals surface area contributed by atoms with E-state index >= 15 is 0 Å². The zero-order valence-corrected chi connectivity index (χ0v) is 19.3. The number of ether oxygens (including phenoxy) is 1. The molecule has 2 aromatic rings. The largest absolute Gasteiger partial charge is 0.378 e. The van der Waals surface area contributed by atoms with Gasteiger partial charge in [-0.25, -0.2) is 0 Å². The topological polar surface area (TPSA) is 97.5 Å². The Morgan fingerprint density at radius 3 is 2.79 bits per heavy atom. The molecule has 2 heterocycles. The van der Waals surface area contributed by atoms with Crippen LogP contribution in [-0.2, 0) is 11.2 Å². The number of nitrogens with zero attached hydrogens (tertiary/aromatic N) is 4. The van der Waals surface area contributed by atoms with Crippen LogP contribution in [0.1, 0.15) is 44.3 Å². The maximum atomic E-state index is 5.94. The van der Waals surface area contributed by atoms with E-state index in [1.807, 2.05) is 18.2 Å². The summed E-state index contributed by atoms with van der Waals surface area (Å²) in [5, 5.41) is 10.6. The lowest BCUT2D eigenvalue weighted by molar-refractivity contribution is 0.0277. The molecule has 1 fully saturated rings. The number of aromatic nitrogens is 3. The van der Waals surface area contributed by atoms with Crippen molar-refractivity contribution in [2.24, 2.45) is 4.99 Å².